The molecular weight excluding hydrogens is 244 g/mol. The topological polar surface area (TPSA) is 55.1 Å². The van der Waals surface area contributed by atoms with Gasteiger partial charge in [0, 0.05) is 23.1 Å². The van der Waals surface area contributed by atoms with Crippen molar-refractivity contribution in [3.63, 3.8) is 0 Å². The largest absolute Gasteiger partial charge is 0.397 e. The monoisotopic (exact) mass is 258 g/mol. The fraction of sp³-hybridized carbons (Fsp3) is 0.214. The van der Waals surface area contributed by atoms with Crippen molar-refractivity contribution in [2.24, 2.45) is 0 Å². The van der Waals surface area contributed by atoms with Crippen LogP contribution in [0.2, 0.25) is 0 Å². The van der Waals surface area contributed by atoms with Gasteiger partial charge in [0.05, 0.1) is 5.69 Å². The van der Waals surface area contributed by atoms with Gasteiger partial charge >= 0.3 is 0 Å². The summed E-state index contributed by atoms with van der Waals surface area (Å²) in [6.07, 6.45) is 0.660. The minimum Gasteiger partial charge on any atom is -0.397 e. The number of hydrogen-bond donors (Lipinski definition) is 2. The summed E-state index contributed by atoms with van der Waals surface area (Å²) in [5.74, 6) is 5.58. The molecule has 1 aromatic heterocycles. The molecule has 0 bridgehead atoms. The van der Waals surface area contributed by atoms with Crippen LogP contribution in [0.4, 0.5) is 5.69 Å². The van der Waals surface area contributed by atoms with Crippen LogP contribution in [0.3, 0.4) is 0 Å². The normalized spacial score (nSPS) is 9.83. The molecule has 18 heavy (non-hydrogen) atoms. The second kappa shape index (κ2) is 5.56. The first-order valence-electron chi connectivity index (χ1n) is 5.69. The molecule has 1 amide bonds. The van der Waals surface area contributed by atoms with Gasteiger partial charge in [0.15, 0.2) is 0 Å². The van der Waals surface area contributed by atoms with Gasteiger partial charge in [0.1, 0.15) is 4.88 Å². The van der Waals surface area contributed by atoms with Crippen molar-refractivity contribution in [3.8, 4) is 11.8 Å². The number of nitrogens with one attached hydrogen (secondary N) is 1. The molecule has 0 unspecified atom stereocenters. The van der Waals surface area contributed by atoms with Gasteiger partial charge in [-0.15, -0.1) is 23.2 Å². The molecule has 3 nitrogen and oxygen atoms in total. The standard InChI is InChI=1S/C14H14N2OS/c1-2-3-6-9-16-14(17)13-12(15)10-7-4-5-8-11(10)18-13/h4-5,7-8H,6,9,15H2,1H3,(H,16,17). The Morgan fingerprint density at radius 2 is 2.22 bits per heavy atom. The Bertz CT molecular complexity index is 634. The van der Waals surface area contributed by atoms with E-state index in [9.17, 15) is 4.79 Å². The van der Waals surface area contributed by atoms with Gasteiger partial charge in [0.2, 0.25) is 0 Å². The quantitative estimate of drug-likeness (QED) is 0.657. The van der Waals surface area contributed by atoms with Gasteiger partial charge in [0.25, 0.3) is 5.91 Å². The number of anilines is 1. The Labute approximate surface area is 110 Å². The number of hydrogen-bond acceptors (Lipinski definition) is 3. The second-order valence-electron chi connectivity index (χ2n) is 3.77. The maximum absolute atomic E-state index is 12.0. The molecule has 0 saturated carbocycles. The molecule has 0 saturated heterocycles. The maximum atomic E-state index is 12.0. The number of fused-ring (bicyclic) bond motifs is 1. The summed E-state index contributed by atoms with van der Waals surface area (Å²) < 4.78 is 1.04. The van der Waals surface area contributed by atoms with Gasteiger partial charge in [-0.2, -0.15) is 0 Å². The summed E-state index contributed by atoms with van der Waals surface area (Å²) in [6.45, 7) is 2.33. The Morgan fingerprint density at radius 1 is 1.44 bits per heavy atom. The van der Waals surface area contributed by atoms with E-state index in [4.69, 9.17) is 5.73 Å². The summed E-state index contributed by atoms with van der Waals surface area (Å²) in [5, 5.41) is 3.77. The summed E-state index contributed by atoms with van der Waals surface area (Å²) in [4.78, 5) is 12.6. The van der Waals surface area contributed by atoms with Crippen LogP contribution in [-0.2, 0) is 0 Å². The Hall–Kier alpha value is -1.99. The summed E-state index contributed by atoms with van der Waals surface area (Å²) in [6, 6.07) is 7.76. The highest BCUT2D eigenvalue weighted by molar-refractivity contribution is 7.21. The van der Waals surface area contributed by atoms with Gasteiger partial charge in [-0.1, -0.05) is 18.2 Å². The Balaban J connectivity index is 2.17. The van der Waals surface area contributed by atoms with E-state index in [0.717, 1.165) is 10.1 Å². The van der Waals surface area contributed by atoms with Crippen LogP contribution in [0.15, 0.2) is 24.3 Å². The molecule has 0 aliphatic rings. The molecule has 92 valence electrons. The zero-order valence-electron chi connectivity index (χ0n) is 10.1. The molecule has 0 radical (unpaired) electrons. The molecule has 1 heterocycles. The minimum atomic E-state index is -0.119. The van der Waals surface area contributed by atoms with Crippen LogP contribution in [0.25, 0.3) is 10.1 Å². The molecule has 0 atom stereocenters. The summed E-state index contributed by atoms with van der Waals surface area (Å²) in [5.41, 5.74) is 6.56. The highest BCUT2D eigenvalue weighted by Gasteiger charge is 2.15. The van der Waals surface area contributed by atoms with E-state index in [1.807, 2.05) is 24.3 Å². The number of carbonyl (C=O) groups is 1. The number of thiophene rings is 1. The lowest BCUT2D eigenvalue weighted by Gasteiger charge is -2.01. The molecule has 2 rings (SSSR count). The zero-order valence-corrected chi connectivity index (χ0v) is 10.9. The van der Waals surface area contributed by atoms with E-state index in [1.165, 1.54) is 11.3 Å². The minimum absolute atomic E-state index is 0.119. The lowest BCUT2D eigenvalue weighted by Crippen LogP contribution is -2.24. The average molecular weight is 258 g/mol. The van der Waals surface area contributed by atoms with E-state index in [1.54, 1.807) is 6.92 Å². The van der Waals surface area contributed by atoms with Crippen LogP contribution in [0.5, 0.6) is 0 Å². The van der Waals surface area contributed by atoms with Crippen LogP contribution in [0, 0.1) is 11.8 Å². The van der Waals surface area contributed by atoms with Gasteiger partial charge < -0.3 is 11.1 Å². The third-order valence-corrected chi connectivity index (χ3v) is 3.74. The highest BCUT2D eigenvalue weighted by atomic mass is 32.1. The summed E-state index contributed by atoms with van der Waals surface area (Å²) >= 11 is 1.42. The van der Waals surface area contributed by atoms with Crippen molar-refractivity contribution < 1.29 is 4.79 Å². The molecule has 4 heteroatoms. The second-order valence-corrected chi connectivity index (χ2v) is 4.83. The third kappa shape index (κ3) is 2.47. The van der Waals surface area contributed by atoms with E-state index in [0.29, 0.717) is 23.5 Å². The first-order chi connectivity index (χ1) is 8.74. The molecule has 2 aromatic rings. The Kier molecular flexibility index (Phi) is 3.85. The Morgan fingerprint density at radius 3 is 2.94 bits per heavy atom. The van der Waals surface area contributed by atoms with Gasteiger partial charge in [-0.3, -0.25) is 4.79 Å². The number of amides is 1. The van der Waals surface area contributed by atoms with Crippen molar-refractivity contribution in [1.82, 2.24) is 5.32 Å². The van der Waals surface area contributed by atoms with E-state index in [-0.39, 0.29) is 5.91 Å². The fourth-order valence-corrected chi connectivity index (χ4v) is 2.72. The predicted molar refractivity (Wildman–Crippen MR) is 76.6 cm³/mol. The van der Waals surface area contributed by atoms with E-state index in [2.05, 4.69) is 17.2 Å². The highest BCUT2D eigenvalue weighted by Crippen LogP contribution is 2.33. The number of nitrogen functional groups attached to an aromatic ring is 1. The molecular formula is C14H14N2OS. The zero-order chi connectivity index (χ0) is 13.0. The first-order valence-corrected chi connectivity index (χ1v) is 6.50. The van der Waals surface area contributed by atoms with Crippen molar-refractivity contribution in [2.45, 2.75) is 13.3 Å². The lowest BCUT2D eigenvalue weighted by atomic mass is 10.2. The van der Waals surface area contributed by atoms with E-state index < -0.39 is 0 Å². The molecule has 0 spiro atoms. The number of rotatable bonds is 3. The molecule has 0 aliphatic carbocycles. The maximum Gasteiger partial charge on any atom is 0.263 e. The van der Waals surface area contributed by atoms with Crippen molar-refractivity contribution in [2.75, 3.05) is 12.3 Å². The number of carbonyl (C=O) groups excluding carboxylic acids is 1. The predicted octanol–water partition coefficient (Wildman–Crippen LogP) is 2.63. The van der Waals surface area contributed by atoms with Crippen LogP contribution in [0.1, 0.15) is 23.0 Å². The van der Waals surface area contributed by atoms with Crippen molar-refractivity contribution in [1.29, 1.82) is 0 Å². The van der Waals surface area contributed by atoms with Gasteiger partial charge in [-0.25, -0.2) is 0 Å². The number of benzene rings is 1. The lowest BCUT2D eigenvalue weighted by molar-refractivity contribution is 0.0959. The molecule has 0 aliphatic heterocycles. The van der Waals surface area contributed by atoms with E-state index >= 15 is 0 Å². The fourth-order valence-electron chi connectivity index (χ4n) is 1.68. The van der Waals surface area contributed by atoms with Crippen LogP contribution in [-0.4, -0.2) is 12.5 Å². The van der Waals surface area contributed by atoms with Gasteiger partial charge in [-0.05, 0) is 13.0 Å². The van der Waals surface area contributed by atoms with Crippen LogP contribution < -0.4 is 11.1 Å². The van der Waals surface area contributed by atoms with Crippen molar-refractivity contribution in [3.05, 3.63) is 29.1 Å². The first kappa shape index (κ1) is 12.5. The SMILES string of the molecule is CC#CCCNC(=O)c1sc2ccccc2c1N. The third-order valence-electron chi connectivity index (χ3n) is 2.55. The van der Waals surface area contributed by atoms with Crippen molar-refractivity contribution >= 4 is 33.0 Å². The molecule has 3 N–H and O–H groups in total. The average Bonchev–Trinajstić information content (AvgIpc) is 2.73. The summed E-state index contributed by atoms with van der Waals surface area (Å²) in [7, 11) is 0. The smallest absolute Gasteiger partial charge is 0.263 e. The van der Waals surface area contributed by atoms with Crippen LogP contribution >= 0.6 is 11.3 Å². The number of nitrogens with two attached hydrogens (primary N) is 1. The molecule has 0 fully saturated rings. The molecule has 1 aromatic carbocycles.